The molecule has 2 N–H and O–H groups in total. The Bertz CT molecular complexity index is 810. The van der Waals surface area contributed by atoms with Crippen molar-refractivity contribution in [3.8, 4) is 0 Å². The zero-order chi connectivity index (χ0) is 17.6. The van der Waals surface area contributed by atoms with Crippen LogP contribution in [-0.2, 0) is 24.3 Å². The van der Waals surface area contributed by atoms with E-state index < -0.39 is 0 Å². The first kappa shape index (κ1) is 17.8. The van der Waals surface area contributed by atoms with E-state index in [1.54, 1.807) is 22.7 Å². The molecule has 1 aromatic carbocycles. The number of carbonyl (C=O) groups is 1. The highest BCUT2D eigenvalue weighted by molar-refractivity contribution is 7.10. The Kier molecular flexibility index (Phi) is 5.96. The van der Waals surface area contributed by atoms with Crippen molar-refractivity contribution in [2.75, 3.05) is 12.4 Å². The lowest BCUT2D eigenvalue weighted by Crippen LogP contribution is -3.06. The van der Waals surface area contributed by atoms with Crippen molar-refractivity contribution in [1.82, 2.24) is 4.98 Å². The fourth-order valence-corrected chi connectivity index (χ4v) is 4.18. The molecule has 0 radical (unpaired) electrons. The molecule has 1 amide bonds. The minimum absolute atomic E-state index is 0.0240. The van der Waals surface area contributed by atoms with Gasteiger partial charge in [-0.15, -0.1) is 22.7 Å². The van der Waals surface area contributed by atoms with Crippen molar-refractivity contribution < 1.29 is 9.69 Å². The van der Waals surface area contributed by atoms with Gasteiger partial charge in [-0.2, -0.15) is 0 Å². The topological polar surface area (TPSA) is 46.4 Å². The van der Waals surface area contributed by atoms with Crippen LogP contribution < -0.4 is 10.2 Å². The number of anilines is 1. The Morgan fingerprint density at radius 3 is 2.68 bits per heavy atom. The normalized spacial score (nSPS) is 12.1. The molecule has 0 aliphatic carbocycles. The molecule has 0 bridgehead atoms. The van der Waals surface area contributed by atoms with Gasteiger partial charge in [-0.3, -0.25) is 4.79 Å². The number of rotatable bonds is 7. The number of aromatic nitrogens is 1. The number of hydrogen-bond acceptors (Lipinski definition) is 4. The van der Waals surface area contributed by atoms with Gasteiger partial charge < -0.3 is 10.2 Å². The lowest BCUT2D eigenvalue weighted by Gasteiger charge is -2.11. The number of hydrogen-bond donors (Lipinski definition) is 2. The van der Waals surface area contributed by atoms with Gasteiger partial charge in [-0.25, -0.2) is 4.98 Å². The van der Waals surface area contributed by atoms with Crippen LogP contribution in [0.25, 0.3) is 0 Å². The maximum absolute atomic E-state index is 12.2. The second-order valence-corrected chi connectivity index (χ2v) is 8.19. The maximum atomic E-state index is 12.2. The molecular weight excluding hydrogens is 350 g/mol. The average molecular weight is 373 g/mol. The molecular formula is C19H22N3OS2+. The smallest absolute Gasteiger partial charge is 0.231 e. The number of quaternary nitrogens is 1. The first-order valence-electron chi connectivity index (χ1n) is 8.22. The SMILES string of the molecule is Cc1ccc(NC(=O)Cc2nc(C[NH+](C)Cc3cccs3)cs2)cc1. The summed E-state index contributed by atoms with van der Waals surface area (Å²) in [6.45, 7) is 3.90. The molecule has 2 heterocycles. The molecule has 3 rings (SSSR count). The lowest BCUT2D eigenvalue weighted by molar-refractivity contribution is -0.907. The standard InChI is InChI=1S/C19H21N3OS2/c1-14-5-7-15(8-6-14)20-18(23)10-19-21-16(13-25-19)11-22(2)12-17-4-3-9-24-17/h3-9,13H,10-12H2,1-2H3,(H,20,23)/p+1. The number of carbonyl (C=O) groups excluding carboxylic acids is 1. The molecule has 2 aromatic heterocycles. The van der Waals surface area contributed by atoms with E-state index in [0.717, 1.165) is 29.5 Å². The average Bonchev–Trinajstić information content (AvgIpc) is 3.22. The summed E-state index contributed by atoms with van der Waals surface area (Å²) in [5.41, 5.74) is 3.06. The Balaban J connectivity index is 1.50. The summed E-state index contributed by atoms with van der Waals surface area (Å²) in [6, 6.07) is 12.1. The van der Waals surface area contributed by atoms with Crippen LogP contribution in [0.4, 0.5) is 5.69 Å². The minimum atomic E-state index is -0.0240. The van der Waals surface area contributed by atoms with Crippen molar-refractivity contribution in [1.29, 1.82) is 0 Å². The summed E-state index contributed by atoms with van der Waals surface area (Å²) in [5, 5.41) is 7.95. The number of thiophene rings is 1. The van der Waals surface area contributed by atoms with Crippen LogP contribution in [0.3, 0.4) is 0 Å². The predicted octanol–water partition coefficient (Wildman–Crippen LogP) is 2.91. The number of benzene rings is 1. The summed E-state index contributed by atoms with van der Waals surface area (Å²) in [5.74, 6) is -0.0240. The zero-order valence-electron chi connectivity index (χ0n) is 14.4. The van der Waals surface area contributed by atoms with E-state index in [1.807, 2.05) is 31.2 Å². The van der Waals surface area contributed by atoms with Crippen LogP contribution in [0.1, 0.15) is 21.1 Å². The summed E-state index contributed by atoms with van der Waals surface area (Å²) >= 11 is 3.34. The van der Waals surface area contributed by atoms with Gasteiger partial charge in [0.15, 0.2) is 0 Å². The van der Waals surface area contributed by atoms with E-state index in [4.69, 9.17) is 0 Å². The molecule has 1 atom stereocenters. The number of thiazole rings is 1. The quantitative estimate of drug-likeness (QED) is 0.670. The fraction of sp³-hybridized carbons (Fsp3) is 0.263. The zero-order valence-corrected chi connectivity index (χ0v) is 16.0. The number of amides is 1. The minimum Gasteiger partial charge on any atom is -0.328 e. The molecule has 4 nitrogen and oxygen atoms in total. The Morgan fingerprint density at radius 1 is 1.16 bits per heavy atom. The van der Waals surface area contributed by atoms with Crippen LogP contribution in [0.2, 0.25) is 0 Å². The van der Waals surface area contributed by atoms with Gasteiger partial charge in [0.1, 0.15) is 23.8 Å². The summed E-state index contributed by atoms with van der Waals surface area (Å²) in [4.78, 5) is 19.5. The highest BCUT2D eigenvalue weighted by Crippen LogP contribution is 2.13. The molecule has 0 aliphatic rings. The van der Waals surface area contributed by atoms with E-state index in [9.17, 15) is 4.79 Å². The van der Waals surface area contributed by atoms with Crippen molar-refractivity contribution in [2.45, 2.75) is 26.4 Å². The van der Waals surface area contributed by atoms with Gasteiger partial charge >= 0.3 is 0 Å². The third kappa shape index (κ3) is 5.49. The largest absolute Gasteiger partial charge is 0.328 e. The lowest BCUT2D eigenvalue weighted by atomic mass is 10.2. The van der Waals surface area contributed by atoms with E-state index in [-0.39, 0.29) is 5.91 Å². The van der Waals surface area contributed by atoms with Crippen LogP contribution in [0, 0.1) is 6.92 Å². The second-order valence-electron chi connectivity index (χ2n) is 6.21. The third-order valence-corrected chi connectivity index (χ3v) is 5.56. The van der Waals surface area contributed by atoms with E-state index in [0.29, 0.717) is 6.42 Å². The molecule has 0 saturated carbocycles. The Hall–Kier alpha value is -2.02. The molecule has 0 spiro atoms. The Labute approximate surface area is 156 Å². The molecule has 1 unspecified atom stereocenters. The monoisotopic (exact) mass is 372 g/mol. The highest BCUT2D eigenvalue weighted by Gasteiger charge is 2.12. The second kappa shape index (κ2) is 8.38. The summed E-state index contributed by atoms with van der Waals surface area (Å²) in [6.07, 6.45) is 0.322. The molecule has 130 valence electrons. The summed E-state index contributed by atoms with van der Waals surface area (Å²) in [7, 11) is 2.17. The molecule has 0 aliphatic heterocycles. The number of aryl methyl sites for hydroxylation is 1. The van der Waals surface area contributed by atoms with Gasteiger partial charge in [0.05, 0.1) is 18.3 Å². The highest BCUT2D eigenvalue weighted by atomic mass is 32.1. The van der Waals surface area contributed by atoms with E-state index in [2.05, 4.69) is 40.2 Å². The van der Waals surface area contributed by atoms with E-state index in [1.165, 1.54) is 15.3 Å². The fourth-order valence-electron chi connectivity index (χ4n) is 2.57. The molecule has 25 heavy (non-hydrogen) atoms. The Morgan fingerprint density at radius 2 is 1.96 bits per heavy atom. The van der Waals surface area contributed by atoms with Crippen molar-refractivity contribution >= 4 is 34.3 Å². The molecule has 0 saturated heterocycles. The van der Waals surface area contributed by atoms with Gasteiger partial charge in [0.2, 0.25) is 5.91 Å². The van der Waals surface area contributed by atoms with E-state index >= 15 is 0 Å². The van der Waals surface area contributed by atoms with Crippen molar-refractivity contribution in [3.63, 3.8) is 0 Å². The van der Waals surface area contributed by atoms with Gasteiger partial charge in [0.25, 0.3) is 0 Å². The molecule has 3 aromatic rings. The van der Waals surface area contributed by atoms with Crippen molar-refractivity contribution in [2.24, 2.45) is 0 Å². The van der Waals surface area contributed by atoms with Crippen LogP contribution in [-0.4, -0.2) is 17.9 Å². The third-order valence-electron chi connectivity index (χ3n) is 3.79. The number of nitrogens with zero attached hydrogens (tertiary/aromatic N) is 1. The summed E-state index contributed by atoms with van der Waals surface area (Å²) < 4.78 is 0. The maximum Gasteiger partial charge on any atom is 0.231 e. The first-order chi connectivity index (χ1) is 12.1. The first-order valence-corrected chi connectivity index (χ1v) is 9.98. The van der Waals surface area contributed by atoms with Crippen LogP contribution >= 0.6 is 22.7 Å². The van der Waals surface area contributed by atoms with Gasteiger partial charge in [-0.1, -0.05) is 23.8 Å². The number of nitrogens with one attached hydrogen (secondary N) is 2. The van der Waals surface area contributed by atoms with Crippen LogP contribution in [0.15, 0.2) is 47.2 Å². The van der Waals surface area contributed by atoms with Gasteiger partial charge in [-0.05, 0) is 30.5 Å². The van der Waals surface area contributed by atoms with Crippen molar-refractivity contribution in [3.05, 3.63) is 68.3 Å². The molecule has 0 fully saturated rings. The van der Waals surface area contributed by atoms with Crippen LogP contribution in [0.5, 0.6) is 0 Å². The molecule has 6 heteroatoms. The van der Waals surface area contributed by atoms with Gasteiger partial charge in [0, 0.05) is 11.1 Å². The predicted molar refractivity (Wildman–Crippen MR) is 104 cm³/mol.